The lowest BCUT2D eigenvalue weighted by molar-refractivity contribution is 0.244. The van der Waals surface area contributed by atoms with E-state index in [0.717, 1.165) is 38.0 Å². The standard InChI is InChI=1S/C14H20ClN3O2/c15-11-3-4-13(12(8-11)14(16)17-20)18-6-1-2-10(9-18)5-7-19/h3-4,8,10,19-20H,1-2,5-7,9H2,(H2,16,17). The van der Waals surface area contributed by atoms with Crippen LogP contribution in [0.4, 0.5) is 5.69 Å². The van der Waals surface area contributed by atoms with Crippen LogP contribution in [-0.2, 0) is 0 Å². The van der Waals surface area contributed by atoms with Gasteiger partial charge >= 0.3 is 0 Å². The summed E-state index contributed by atoms with van der Waals surface area (Å²) in [4.78, 5) is 2.22. The van der Waals surface area contributed by atoms with Crippen LogP contribution in [0, 0.1) is 5.92 Å². The zero-order valence-corrected chi connectivity index (χ0v) is 12.1. The second-order valence-corrected chi connectivity index (χ2v) is 5.55. The lowest BCUT2D eigenvalue weighted by Crippen LogP contribution is -2.37. The Morgan fingerprint density at radius 3 is 3.00 bits per heavy atom. The summed E-state index contributed by atoms with van der Waals surface area (Å²) >= 11 is 5.99. The molecule has 1 aliphatic heterocycles. The van der Waals surface area contributed by atoms with Gasteiger partial charge in [-0.2, -0.15) is 0 Å². The molecule has 1 aliphatic rings. The van der Waals surface area contributed by atoms with Gasteiger partial charge in [-0.05, 0) is 43.4 Å². The number of hydrogen-bond donors (Lipinski definition) is 3. The van der Waals surface area contributed by atoms with E-state index in [1.165, 1.54) is 0 Å². The van der Waals surface area contributed by atoms with Gasteiger partial charge in [0.05, 0.1) is 0 Å². The van der Waals surface area contributed by atoms with Gasteiger partial charge in [-0.25, -0.2) is 0 Å². The fourth-order valence-corrected chi connectivity index (χ4v) is 2.92. The van der Waals surface area contributed by atoms with E-state index in [2.05, 4.69) is 10.1 Å². The van der Waals surface area contributed by atoms with Crippen LogP contribution in [-0.4, -0.2) is 35.8 Å². The fourth-order valence-electron chi connectivity index (χ4n) is 2.75. The van der Waals surface area contributed by atoms with Crippen molar-refractivity contribution in [1.82, 2.24) is 0 Å². The summed E-state index contributed by atoms with van der Waals surface area (Å²) in [6.07, 6.45) is 3.01. The third-order valence-electron chi connectivity index (χ3n) is 3.74. The normalized spacial score (nSPS) is 20.2. The highest BCUT2D eigenvalue weighted by atomic mass is 35.5. The van der Waals surface area contributed by atoms with E-state index in [4.69, 9.17) is 27.6 Å². The van der Waals surface area contributed by atoms with Crippen LogP contribution in [0.15, 0.2) is 23.4 Å². The van der Waals surface area contributed by atoms with Crippen LogP contribution in [0.25, 0.3) is 0 Å². The molecule has 1 heterocycles. The third-order valence-corrected chi connectivity index (χ3v) is 3.97. The molecule has 0 aliphatic carbocycles. The SMILES string of the molecule is N/C(=N/O)c1cc(Cl)ccc1N1CCCC(CCO)C1. The average molecular weight is 298 g/mol. The van der Waals surface area contributed by atoms with Crippen molar-refractivity contribution < 1.29 is 10.3 Å². The average Bonchev–Trinajstić information content (AvgIpc) is 2.47. The van der Waals surface area contributed by atoms with Gasteiger partial charge in [0.1, 0.15) is 0 Å². The van der Waals surface area contributed by atoms with Crippen LogP contribution in [0.5, 0.6) is 0 Å². The molecule has 110 valence electrons. The number of rotatable bonds is 4. The van der Waals surface area contributed by atoms with Gasteiger partial charge in [0, 0.05) is 36.0 Å². The molecule has 1 saturated heterocycles. The number of hydrogen-bond acceptors (Lipinski definition) is 4. The predicted octanol–water partition coefficient (Wildman–Crippen LogP) is 2.03. The molecule has 2 rings (SSSR count). The monoisotopic (exact) mass is 297 g/mol. The number of piperidine rings is 1. The van der Waals surface area contributed by atoms with E-state index >= 15 is 0 Å². The van der Waals surface area contributed by atoms with Gasteiger partial charge in [-0.15, -0.1) is 0 Å². The molecule has 1 aromatic carbocycles. The number of benzene rings is 1. The first-order chi connectivity index (χ1) is 9.65. The Labute approximate surface area is 123 Å². The molecule has 6 heteroatoms. The Balaban J connectivity index is 2.27. The Morgan fingerprint density at radius 2 is 2.30 bits per heavy atom. The molecule has 0 spiro atoms. The van der Waals surface area contributed by atoms with Crippen molar-refractivity contribution in [2.24, 2.45) is 16.8 Å². The topological polar surface area (TPSA) is 82.1 Å². The van der Waals surface area contributed by atoms with E-state index in [-0.39, 0.29) is 12.4 Å². The first-order valence-electron chi connectivity index (χ1n) is 6.79. The number of aliphatic hydroxyl groups is 1. The van der Waals surface area contributed by atoms with Crippen LogP contribution in [0.2, 0.25) is 5.02 Å². The molecule has 1 fully saturated rings. The predicted molar refractivity (Wildman–Crippen MR) is 80.6 cm³/mol. The first-order valence-corrected chi connectivity index (χ1v) is 7.16. The highest BCUT2D eigenvalue weighted by molar-refractivity contribution is 6.31. The van der Waals surface area contributed by atoms with Crippen molar-refractivity contribution in [3.05, 3.63) is 28.8 Å². The molecule has 20 heavy (non-hydrogen) atoms. The van der Waals surface area contributed by atoms with E-state index in [1.54, 1.807) is 12.1 Å². The number of oxime groups is 1. The second-order valence-electron chi connectivity index (χ2n) is 5.11. The Morgan fingerprint density at radius 1 is 1.50 bits per heavy atom. The van der Waals surface area contributed by atoms with Gasteiger partial charge in [-0.3, -0.25) is 0 Å². The smallest absolute Gasteiger partial charge is 0.172 e. The Bertz CT molecular complexity index is 491. The first kappa shape index (κ1) is 14.9. The van der Waals surface area contributed by atoms with Crippen LogP contribution >= 0.6 is 11.6 Å². The molecule has 0 saturated carbocycles. The maximum Gasteiger partial charge on any atom is 0.172 e. The summed E-state index contributed by atoms with van der Waals surface area (Å²) < 4.78 is 0. The minimum atomic E-state index is 0.0618. The molecule has 0 bridgehead atoms. The number of halogens is 1. The fraction of sp³-hybridized carbons (Fsp3) is 0.500. The Kier molecular flexibility index (Phi) is 5.09. The minimum absolute atomic E-state index is 0.0618. The van der Waals surface area contributed by atoms with E-state index in [0.29, 0.717) is 16.5 Å². The molecule has 5 nitrogen and oxygen atoms in total. The zero-order chi connectivity index (χ0) is 14.5. The summed E-state index contributed by atoms with van der Waals surface area (Å²) in [6, 6.07) is 5.42. The molecule has 1 atom stereocenters. The highest BCUT2D eigenvalue weighted by Gasteiger charge is 2.22. The molecule has 0 radical (unpaired) electrons. The quantitative estimate of drug-likeness (QED) is 0.344. The van der Waals surface area contributed by atoms with Gasteiger partial charge < -0.3 is 20.9 Å². The van der Waals surface area contributed by atoms with Crippen molar-refractivity contribution in [3.8, 4) is 0 Å². The maximum absolute atomic E-state index is 9.08. The summed E-state index contributed by atoms with van der Waals surface area (Å²) in [5.74, 6) is 0.538. The van der Waals surface area contributed by atoms with Crippen LogP contribution < -0.4 is 10.6 Å². The van der Waals surface area contributed by atoms with Crippen molar-refractivity contribution in [2.45, 2.75) is 19.3 Å². The van der Waals surface area contributed by atoms with Gasteiger partial charge in [-0.1, -0.05) is 16.8 Å². The van der Waals surface area contributed by atoms with E-state index in [1.807, 2.05) is 6.07 Å². The molecule has 0 aromatic heterocycles. The van der Waals surface area contributed by atoms with Gasteiger partial charge in [0.15, 0.2) is 5.84 Å². The zero-order valence-electron chi connectivity index (χ0n) is 11.3. The van der Waals surface area contributed by atoms with Crippen molar-refractivity contribution >= 4 is 23.1 Å². The highest BCUT2D eigenvalue weighted by Crippen LogP contribution is 2.29. The van der Waals surface area contributed by atoms with Gasteiger partial charge in [0.25, 0.3) is 0 Å². The molecule has 1 aromatic rings. The van der Waals surface area contributed by atoms with Crippen LogP contribution in [0.1, 0.15) is 24.8 Å². The third kappa shape index (κ3) is 3.35. The van der Waals surface area contributed by atoms with Crippen LogP contribution in [0.3, 0.4) is 0 Å². The lowest BCUT2D eigenvalue weighted by atomic mass is 9.94. The number of nitrogens with zero attached hydrogens (tertiary/aromatic N) is 2. The molecular formula is C14H20ClN3O2. The largest absolute Gasteiger partial charge is 0.409 e. The van der Waals surface area contributed by atoms with E-state index < -0.39 is 0 Å². The molecule has 4 N–H and O–H groups in total. The van der Waals surface area contributed by atoms with E-state index in [9.17, 15) is 0 Å². The Hall–Kier alpha value is -1.46. The second kappa shape index (κ2) is 6.81. The van der Waals surface area contributed by atoms with Crippen molar-refractivity contribution in [2.75, 3.05) is 24.6 Å². The number of nitrogens with two attached hydrogens (primary N) is 1. The van der Waals surface area contributed by atoms with Crippen molar-refractivity contribution in [1.29, 1.82) is 0 Å². The molecule has 0 amide bonds. The summed E-state index contributed by atoms with van der Waals surface area (Å²) in [7, 11) is 0. The summed E-state index contributed by atoms with van der Waals surface area (Å²) in [5, 5.41) is 21.6. The minimum Gasteiger partial charge on any atom is -0.409 e. The van der Waals surface area contributed by atoms with Crippen molar-refractivity contribution in [3.63, 3.8) is 0 Å². The molecule has 1 unspecified atom stereocenters. The number of amidine groups is 1. The maximum atomic E-state index is 9.08. The lowest BCUT2D eigenvalue weighted by Gasteiger charge is -2.35. The summed E-state index contributed by atoms with van der Waals surface area (Å²) in [5.41, 5.74) is 7.31. The molecular weight excluding hydrogens is 278 g/mol. The number of anilines is 1. The summed E-state index contributed by atoms with van der Waals surface area (Å²) in [6.45, 7) is 2.01. The number of aliphatic hydroxyl groups excluding tert-OH is 1. The van der Waals surface area contributed by atoms with Gasteiger partial charge in [0.2, 0.25) is 0 Å².